The van der Waals surface area contributed by atoms with Crippen LogP contribution in [-0.4, -0.2) is 30.3 Å². The zero-order chi connectivity index (χ0) is 16.6. The number of carbonyl (C=O) groups is 2. The summed E-state index contributed by atoms with van der Waals surface area (Å²) < 4.78 is 10.2. The molecular formula is C17H25NO4. The quantitative estimate of drug-likeness (QED) is 0.820. The van der Waals surface area contributed by atoms with Crippen LogP contribution in [0.3, 0.4) is 0 Å². The highest BCUT2D eigenvalue weighted by Crippen LogP contribution is 2.10. The van der Waals surface area contributed by atoms with Crippen LogP contribution in [0, 0.1) is 0 Å². The van der Waals surface area contributed by atoms with Crippen molar-refractivity contribution < 1.29 is 19.1 Å². The fourth-order valence-corrected chi connectivity index (χ4v) is 1.90. The predicted molar refractivity (Wildman–Crippen MR) is 84.6 cm³/mol. The van der Waals surface area contributed by atoms with E-state index in [0.29, 0.717) is 12.8 Å². The Hall–Kier alpha value is -2.04. The van der Waals surface area contributed by atoms with Crippen LogP contribution in [0.25, 0.3) is 0 Å². The molecule has 0 radical (unpaired) electrons. The van der Waals surface area contributed by atoms with E-state index < -0.39 is 23.7 Å². The van der Waals surface area contributed by atoms with Crippen LogP contribution < -0.4 is 5.32 Å². The predicted octanol–water partition coefficient (Wildman–Crippen LogP) is 3.08. The summed E-state index contributed by atoms with van der Waals surface area (Å²) >= 11 is 0. The van der Waals surface area contributed by atoms with Crippen LogP contribution in [0.15, 0.2) is 30.3 Å². The van der Waals surface area contributed by atoms with Gasteiger partial charge in [0.2, 0.25) is 0 Å². The summed E-state index contributed by atoms with van der Waals surface area (Å²) in [7, 11) is 0. The summed E-state index contributed by atoms with van der Waals surface area (Å²) in [5, 5.41) is 2.59. The minimum Gasteiger partial charge on any atom is -0.464 e. The zero-order valence-electron chi connectivity index (χ0n) is 13.7. The van der Waals surface area contributed by atoms with Gasteiger partial charge in [0.1, 0.15) is 11.6 Å². The summed E-state index contributed by atoms with van der Waals surface area (Å²) in [6.45, 7) is 7.33. The van der Waals surface area contributed by atoms with Gasteiger partial charge in [-0.05, 0) is 46.1 Å². The number of hydrogen-bond donors (Lipinski definition) is 1. The van der Waals surface area contributed by atoms with Gasteiger partial charge < -0.3 is 14.8 Å². The molecule has 5 heteroatoms. The molecular weight excluding hydrogens is 282 g/mol. The van der Waals surface area contributed by atoms with Crippen molar-refractivity contribution in [1.29, 1.82) is 0 Å². The molecule has 0 aliphatic carbocycles. The van der Waals surface area contributed by atoms with E-state index in [1.807, 2.05) is 30.3 Å². The number of benzene rings is 1. The summed E-state index contributed by atoms with van der Waals surface area (Å²) in [5.41, 5.74) is 0.491. The largest absolute Gasteiger partial charge is 0.464 e. The van der Waals surface area contributed by atoms with Gasteiger partial charge in [-0.15, -0.1) is 0 Å². The lowest BCUT2D eigenvalue weighted by molar-refractivity contribution is -0.145. The van der Waals surface area contributed by atoms with E-state index in [1.54, 1.807) is 27.7 Å². The number of rotatable bonds is 6. The van der Waals surface area contributed by atoms with Crippen molar-refractivity contribution >= 4 is 12.1 Å². The van der Waals surface area contributed by atoms with E-state index >= 15 is 0 Å². The normalized spacial score (nSPS) is 12.4. The maximum absolute atomic E-state index is 12.0. The van der Waals surface area contributed by atoms with Gasteiger partial charge in [0.15, 0.2) is 0 Å². The molecule has 0 saturated carbocycles. The first kappa shape index (κ1) is 18.0. The van der Waals surface area contributed by atoms with Crippen LogP contribution in [0.1, 0.15) is 39.7 Å². The molecule has 122 valence electrons. The Labute approximate surface area is 132 Å². The third-order valence-corrected chi connectivity index (χ3v) is 2.83. The van der Waals surface area contributed by atoms with E-state index in [-0.39, 0.29) is 6.61 Å². The molecule has 1 aromatic carbocycles. The van der Waals surface area contributed by atoms with Crippen LogP contribution in [0.2, 0.25) is 0 Å². The maximum atomic E-state index is 12.0. The molecule has 0 saturated heterocycles. The van der Waals surface area contributed by atoms with Crippen molar-refractivity contribution in [3.05, 3.63) is 35.9 Å². The lowest BCUT2D eigenvalue weighted by atomic mass is 10.1. The SMILES string of the molecule is CCOC(=O)[C@@H](CCc1ccccc1)NC(=O)OC(C)(C)C. The lowest BCUT2D eigenvalue weighted by Crippen LogP contribution is -2.44. The average molecular weight is 307 g/mol. The molecule has 0 heterocycles. The minimum absolute atomic E-state index is 0.274. The Balaban J connectivity index is 2.63. The number of esters is 1. The monoisotopic (exact) mass is 307 g/mol. The van der Waals surface area contributed by atoms with E-state index in [2.05, 4.69) is 5.32 Å². The van der Waals surface area contributed by atoms with Crippen LogP contribution in [0.4, 0.5) is 4.79 Å². The first-order chi connectivity index (χ1) is 10.3. The van der Waals surface area contributed by atoms with Gasteiger partial charge in [-0.3, -0.25) is 0 Å². The maximum Gasteiger partial charge on any atom is 0.408 e. The van der Waals surface area contributed by atoms with Gasteiger partial charge in [-0.25, -0.2) is 9.59 Å². The fourth-order valence-electron chi connectivity index (χ4n) is 1.90. The van der Waals surface area contributed by atoms with Gasteiger partial charge in [0, 0.05) is 0 Å². The van der Waals surface area contributed by atoms with Crippen LogP contribution >= 0.6 is 0 Å². The molecule has 0 aromatic heterocycles. The average Bonchev–Trinajstić information content (AvgIpc) is 2.42. The number of ether oxygens (including phenoxy) is 2. The molecule has 1 atom stereocenters. The van der Waals surface area contributed by atoms with Crippen molar-refractivity contribution in [2.45, 2.75) is 52.2 Å². The van der Waals surface area contributed by atoms with E-state index in [9.17, 15) is 9.59 Å². The van der Waals surface area contributed by atoms with E-state index in [4.69, 9.17) is 9.47 Å². The minimum atomic E-state index is -0.713. The van der Waals surface area contributed by atoms with Crippen molar-refractivity contribution in [2.75, 3.05) is 6.61 Å². The van der Waals surface area contributed by atoms with Crippen LogP contribution in [0.5, 0.6) is 0 Å². The second kappa shape index (κ2) is 8.41. The number of nitrogens with one attached hydrogen (secondary N) is 1. The standard InChI is InChI=1S/C17H25NO4/c1-5-21-15(19)14(18-16(20)22-17(2,3)4)12-11-13-9-7-6-8-10-13/h6-10,14H,5,11-12H2,1-4H3,(H,18,20)/t14-/m1/s1. The molecule has 1 aromatic rings. The first-order valence-corrected chi connectivity index (χ1v) is 7.52. The molecule has 5 nitrogen and oxygen atoms in total. The third kappa shape index (κ3) is 7.11. The molecule has 0 spiro atoms. The number of alkyl carbamates (subject to hydrolysis) is 1. The van der Waals surface area contributed by atoms with Crippen molar-refractivity contribution in [1.82, 2.24) is 5.32 Å². The van der Waals surface area contributed by atoms with Crippen molar-refractivity contribution in [2.24, 2.45) is 0 Å². The highest BCUT2D eigenvalue weighted by Gasteiger charge is 2.25. The van der Waals surface area contributed by atoms with E-state index in [0.717, 1.165) is 5.56 Å². The van der Waals surface area contributed by atoms with Gasteiger partial charge in [-0.2, -0.15) is 0 Å². The van der Waals surface area contributed by atoms with Gasteiger partial charge in [0.25, 0.3) is 0 Å². The Kier molecular flexibility index (Phi) is 6.89. The fraction of sp³-hybridized carbons (Fsp3) is 0.529. The van der Waals surface area contributed by atoms with Crippen molar-refractivity contribution in [3.63, 3.8) is 0 Å². The molecule has 1 amide bonds. The Morgan fingerprint density at radius 2 is 1.82 bits per heavy atom. The Morgan fingerprint density at radius 3 is 2.36 bits per heavy atom. The topological polar surface area (TPSA) is 64.6 Å². The van der Waals surface area contributed by atoms with E-state index in [1.165, 1.54) is 0 Å². The number of aryl methyl sites for hydroxylation is 1. The smallest absolute Gasteiger partial charge is 0.408 e. The highest BCUT2D eigenvalue weighted by molar-refractivity contribution is 5.81. The summed E-state index contributed by atoms with van der Waals surface area (Å²) in [6.07, 6.45) is 0.515. The summed E-state index contributed by atoms with van der Waals surface area (Å²) in [5.74, 6) is -0.440. The van der Waals surface area contributed by atoms with Gasteiger partial charge >= 0.3 is 12.1 Å². The van der Waals surface area contributed by atoms with Gasteiger partial charge in [0.05, 0.1) is 6.61 Å². The zero-order valence-corrected chi connectivity index (χ0v) is 13.7. The summed E-state index contributed by atoms with van der Waals surface area (Å²) in [6, 6.07) is 9.07. The first-order valence-electron chi connectivity index (χ1n) is 7.52. The second-order valence-corrected chi connectivity index (χ2v) is 5.98. The number of hydrogen-bond acceptors (Lipinski definition) is 4. The third-order valence-electron chi connectivity index (χ3n) is 2.83. The Bertz CT molecular complexity index is 479. The number of carbonyl (C=O) groups excluding carboxylic acids is 2. The molecule has 22 heavy (non-hydrogen) atoms. The molecule has 0 aliphatic rings. The molecule has 1 N–H and O–H groups in total. The molecule has 0 fully saturated rings. The van der Waals surface area contributed by atoms with Crippen LogP contribution in [-0.2, 0) is 20.7 Å². The molecule has 0 bridgehead atoms. The lowest BCUT2D eigenvalue weighted by Gasteiger charge is -2.22. The molecule has 1 rings (SSSR count). The molecule has 0 aliphatic heterocycles. The number of amides is 1. The Morgan fingerprint density at radius 1 is 1.18 bits per heavy atom. The highest BCUT2D eigenvalue weighted by atomic mass is 16.6. The summed E-state index contributed by atoms with van der Waals surface area (Å²) in [4.78, 5) is 23.8. The second-order valence-electron chi connectivity index (χ2n) is 5.98. The van der Waals surface area contributed by atoms with Crippen molar-refractivity contribution in [3.8, 4) is 0 Å². The molecule has 0 unspecified atom stereocenters. The van der Waals surface area contributed by atoms with Gasteiger partial charge in [-0.1, -0.05) is 30.3 Å².